The third-order valence-electron chi connectivity index (χ3n) is 3.27. The van der Waals surface area contributed by atoms with Crippen LogP contribution in [0.3, 0.4) is 0 Å². The van der Waals surface area contributed by atoms with Crippen LogP contribution in [0.2, 0.25) is 0 Å². The van der Waals surface area contributed by atoms with Crippen molar-refractivity contribution in [2.75, 3.05) is 13.7 Å². The van der Waals surface area contributed by atoms with E-state index in [2.05, 4.69) is 38.2 Å². The lowest BCUT2D eigenvalue weighted by Crippen LogP contribution is -2.40. The first-order valence-electron chi connectivity index (χ1n) is 6.63. The van der Waals surface area contributed by atoms with E-state index in [9.17, 15) is 0 Å². The van der Waals surface area contributed by atoms with E-state index in [-0.39, 0.29) is 5.54 Å². The Morgan fingerprint density at radius 3 is 2.61 bits per heavy atom. The number of methoxy groups -OCH3 is 1. The molecule has 0 heterocycles. The standard InChI is InChI=1S/C15H26N2O/c1-5-13-10-12(6-7-14(13)18-4)11-17-15(2,3)8-9-16/h6-7,10,17H,5,8-9,11,16H2,1-4H3. The van der Waals surface area contributed by atoms with Crippen LogP contribution in [0.4, 0.5) is 0 Å². The predicted octanol–water partition coefficient (Wildman–Crippen LogP) is 2.47. The lowest BCUT2D eigenvalue weighted by atomic mass is 10.00. The van der Waals surface area contributed by atoms with Crippen LogP contribution in [0.1, 0.15) is 38.3 Å². The van der Waals surface area contributed by atoms with Gasteiger partial charge in [0, 0.05) is 12.1 Å². The Morgan fingerprint density at radius 1 is 1.33 bits per heavy atom. The van der Waals surface area contributed by atoms with Crippen molar-refractivity contribution >= 4 is 0 Å². The number of hydrogen-bond donors (Lipinski definition) is 2. The summed E-state index contributed by atoms with van der Waals surface area (Å²) < 4.78 is 5.34. The molecule has 0 saturated heterocycles. The van der Waals surface area contributed by atoms with Crippen LogP contribution in [0, 0.1) is 0 Å². The highest BCUT2D eigenvalue weighted by Crippen LogP contribution is 2.20. The lowest BCUT2D eigenvalue weighted by Gasteiger charge is -2.26. The molecule has 0 aliphatic rings. The van der Waals surface area contributed by atoms with E-state index in [1.807, 2.05) is 6.07 Å². The van der Waals surface area contributed by atoms with Gasteiger partial charge in [-0.2, -0.15) is 0 Å². The molecule has 1 aromatic carbocycles. The molecule has 0 atom stereocenters. The average molecular weight is 250 g/mol. The molecule has 3 nitrogen and oxygen atoms in total. The second-order valence-electron chi connectivity index (χ2n) is 5.28. The summed E-state index contributed by atoms with van der Waals surface area (Å²) in [5.41, 5.74) is 8.24. The summed E-state index contributed by atoms with van der Waals surface area (Å²) in [7, 11) is 1.72. The Morgan fingerprint density at radius 2 is 2.06 bits per heavy atom. The Balaban J connectivity index is 2.68. The molecule has 1 rings (SSSR count). The number of rotatable bonds is 7. The molecule has 0 bridgehead atoms. The van der Waals surface area contributed by atoms with Crippen LogP contribution < -0.4 is 15.8 Å². The summed E-state index contributed by atoms with van der Waals surface area (Å²) in [6, 6.07) is 6.37. The normalized spacial score (nSPS) is 11.6. The van der Waals surface area contributed by atoms with E-state index in [0.29, 0.717) is 6.54 Å². The summed E-state index contributed by atoms with van der Waals surface area (Å²) in [4.78, 5) is 0. The van der Waals surface area contributed by atoms with Gasteiger partial charge in [-0.3, -0.25) is 0 Å². The first-order chi connectivity index (χ1) is 8.52. The SMILES string of the molecule is CCc1cc(CNC(C)(C)CCN)ccc1OC. The van der Waals surface area contributed by atoms with Gasteiger partial charge in [0.25, 0.3) is 0 Å². The van der Waals surface area contributed by atoms with Crippen molar-refractivity contribution in [2.45, 2.75) is 45.7 Å². The second-order valence-corrected chi connectivity index (χ2v) is 5.28. The topological polar surface area (TPSA) is 47.3 Å². The van der Waals surface area contributed by atoms with Gasteiger partial charge in [0.1, 0.15) is 5.75 Å². The predicted molar refractivity (Wildman–Crippen MR) is 77.0 cm³/mol. The molecule has 3 heteroatoms. The quantitative estimate of drug-likeness (QED) is 0.781. The minimum absolute atomic E-state index is 0.0844. The Kier molecular flexibility index (Phi) is 5.63. The highest BCUT2D eigenvalue weighted by Gasteiger charge is 2.15. The molecular weight excluding hydrogens is 224 g/mol. The maximum absolute atomic E-state index is 5.61. The van der Waals surface area contributed by atoms with Crippen LogP contribution in [-0.2, 0) is 13.0 Å². The van der Waals surface area contributed by atoms with Gasteiger partial charge in [-0.1, -0.05) is 19.1 Å². The fraction of sp³-hybridized carbons (Fsp3) is 0.600. The number of hydrogen-bond acceptors (Lipinski definition) is 3. The molecule has 0 spiro atoms. The van der Waals surface area contributed by atoms with Gasteiger partial charge < -0.3 is 15.8 Å². The third kappa shape index (κ3) is 4.31. The summed E-state index contributed by atoms with van der Waals surface area (Å²) >= 11 is 0. The number of nitrogens with one attached hydrogen (secondary N) is 1. The smallest absolute Gasteiger partial charge is 0.122 e. The molecule has 0 unspecified atom stereocenters. The molecule has 1 aromatic rings. The Labute approximate surface area is 111 Å². The highest BCUT2D eigenvalue weighted by molar-refractivity contribution is 5.37. The molecule has 18 heavy (non-hydrogen) atoms. The largest absolute Gasteiger partial charge is 0.496 e. The average Bonchev–Trinajstić information content (AvgIpc) is 2.36. The summed E-state index contributed by atoms with van der Waals surface area (Å²) in [5.74, 6) is 0.975. The molecule has 0 aromatic heterocycles. The number of ether oxygens (including phenoxy) is 1. The summed E-state index contributed by atoms with van der Waals surface area (Å²) in [6.07, 6.45) is 1.97. The van der Waals surface area contributed by atoms with E-state index in [1.165, 1.54) is 11.1 Å². The molecular formula is C15H26N2O. The second kappa shape index (κ2) is 6.76. The van der Waals surface area contributed by atoms with Crippen LogP contribution >= 0.6 is 0 Å². The van der Waals surface area contributed by atoms with E-state index in [0.717, 1.165) is 25.1 Å². The van der Waals surface area contributed by atoms with E-state index >= 15 is 0 Å². The van der Waals surface area contributed by atoms with Gasteiger partial charge in [-0.15, -0.1) is 0 Å². The van der Waals surface area contributed by atoms with E-state index < -0.39 is 0 Å². The van der Waals surface area contributed by atoms with Crippen LogP contribution in [0.25, 0.3) is 0 Å². The number of benzene rings is 1. The van der Waals surface area contributed by atoms with Gasteiger partial charge in [-0.05, 0) is 50.4 Å². The van der Waals surface area contributed by atoms with Crippen molar-refractivity contribution in [1.82, 2.24) is 5.32 Å². The summed E-state index contributed by atoms with van der Waals surface area (Å²) in [6.45, 7) is 8.09. The monoisotopic (exact) mass is 250 g/mol. The molecule has 0 aliphatic carbocycles. The molecule has 0 amide bonds. The molecule has 0 fully saturated rings. The first kappa shape index (κ1) is 15.0. The van der Waals surface area contributed by atoms with Crippen LogP contribution in [0.5, 0.6) is 5.75 Å². The number of aryl methyl sites for hydroxylation is 1. The van der Waals surface area contributed by atoms with Crippen molar-refractivity contribution in [3.8, 4) is 5.75 Å². The summed E-state index contributed by atoms with van der Waals surface area (Å²) in [5, 5.41) is 3.54. The minimum atomic E-state index is 0.0844. The minimum Gasteiger partial charge on any atom is -0.496 e. The van der Waals surface area contributed by atoms with Crippen molar-refractivity contribution < 1.29 is 4.74 Å². The maximum atomic E-state index is 5.61. The zero-order chi connectivity index (χ0) is 13.6. The zero-order valence-corrected chi connectivity index (χ0v) is 12.0. The van der Waals surface area contributed by atoms with Crippen molar-refractivity contribution in [2.24, 2.45) is 5.73 Å². The molecule has 0 radical (unpaired) electrons. The fourth-order valence-corrected chi connectivity index (χ4v) is 2.01. The molecule has 0 aliphatic heterocycles. The van der Waals surface area contributed by atoms with E-state index in [1.54, 1.807) is 7.11 Å². The van der Waals surface area contributed by atoms with Gasteiger partial charge in [-0.25, -0.2) is 0 Å². The number of nitrogens with two attached hydrogens (primary N) is 1. The Hall–Kier alpha value is -1.06. The van der Waals surface area contributed by atoms with Crippen molar-refractivity contribution in [1.29, 1.82) is 0 Å². The molecule has 0 saturated carbocycles. The van der Waals surface area contributed by atoms with Gasteiger partial charge in [0.05, 0.1) is 7.11 Å². The van der Waals surface area contributed by atoms with Crippen molar-refractivity contribution in [3.63, 3.8) is 0 Å². The molecule has 102 valence electrons. The third-order valence-corrected chi connectivity index (χ3v) is 3.27. The lowest BCUT2D eigenvalue weighted by molar-refractivity contribution is 0.365. The van der Waals surface area contributed by atoms with E-state index in [4.69, 9.17) is 10.5 Å². The van der Waals surface area contributed by atoms with Crippen molar-refractivity contribution in [3.05, 3.63) is 29.3 Å². The first-order valence-corrected chi connectivity index (χ1v) is 6.63. The highest BCUT2D eigenvalue weighted by atomic mass is 16.5. The zero-order valence-electron chi connectivity index (χ0n) is 12.0. The van der Waals surface area contributed by atoms with Gasteiger partial charge >= 0.3 is 0 Å². The van der Waals surface area contributed by atoms with Crippen LogP contribution in [-0.4, -0.2) is 19.2 Å². The van der Waals surface area contributed by atoms with Gasteiger partial charge in [0.15, 0.2) is 0 Å². The maximum Gasteiger partial charge on any atom is 0.122 e. The Bertz CT molecular complexity index is 375. The fourth-order valence-electron chi connectivity index (χ4n) is 2.01. The van der Waals surface area contributed by atoms with Crippen LogP contribution in [0.15, 0.2) is 18.2 Å². The van der Waals surface area contributed by atoms with Gasteiger partial charge in [0.2, 0.25) is 0 Å². The molecule has 3 N–H and O–H groups in total.